The predicted octanol–water partition coefficient (Wildman–Crippen LogP) is 4.13. The lowest BCUT2D eigenvalue weighted by atomic mass is 10.00. The van der Waals surface area contributed by atoms with Gasteiger partial charge >= 0.3 is 5.69 Å². The molecule has 3 aromatic rings. The lowest BCUT2D eigenvalue weighted by molar-refractivity contribution is 0.144. The minimum atomic E-state index is 0.00853. The van der Waals surface area contributed by atoms with Gasteiger partial charge in [-0.05, 0) is 56.5 Å². The fourth-order valence-electron chi connectivity index (χ4n) is 4.19. The summed E-state index contributed by atoms with van der Waals surface area (Å²) >= 11 is 0. The van der Waals surface area contributed by atoms with E-state index in [0.29, 0.717) is 12.6 Å². The van der Waals surface area contributed by atoms with Crippen LogP contribution in [0.3, 0.4) is 0 Å². The van der Waals surface area contributed by atoms with Gasteiger partial charge in [0, 0.05) is 25.2 Å². The third-order valence-corrected chi connectivity index (χ3v) is 5.71. The molecule has 1 saturated heterocycles. The first-order valence-electron chi connectivity index (χ1n) is 9.83. The molecule has 2 heterocycles. The van der Waals surface area contributed by atoms with E-state index in [0.717, 1.165) is 42.7 Å². The SMILES string of the molecule is CCOc1ccc(C(C)N2CCC(n3c(=O)[nH]c4ccccc43)CC2)cc1. The van der Waals surface area contributed by atoms with E-state index in [9.17, 15) is 4.79 Å². The van der Waals surface area contributed by atoms with Crippen molar-refractivity contribution in [2.75, 3.05) is 19.7 Å². The van der Waals surface area contributed by atoms with Gasteiger partial charge in [0.1, 0.15) is 5.75 Å². The van der Waals surface area contributed by atoms with Crippen molar-refractivity contribution in [2.24, 2.45) is 0 Å². The summed E-state index contributed by atoms with van der Waals surface area (Å²) in [4.78, 5) is 17.9. The van der Waals surface area contributed by atoms with Crippen LogP contribution in [0.25, 0.3) is 11.0 Å². The van der Waals surface area contributed by atoms with Gasteiger partial charge in [-0.2, -0.15) is 0 Å². The Labute approximate surface area is 159 Å². The number of benzene rings is 2. The molecular weight excluding hydrogens is 338 g/mol. The molecule has 2 aromatic carbocycles. The summed E-state index contributed by atoms with van der Waals surface area (Å²) in [5, 5.41) is 0. The van der Waals surface area contributed by atoms with Crippen molar-refractivity contribution < 1.29 is 4.74 Å². The van der Waals surface area contributed by atoms with Crippen LogP contribution in [0.2, 0.25) is 0 Å². The Kier molecular flexibility index (Phi) is 5.03. The number of hydrogen-bond acceptors (Lipinski definition) is 3. The summed E-state index contributed by atoms with van der Waals surface area (Å²) in [6, 6.07) is 17.0. The minimum absolute atomic E-state index is 0.00853. The second kappa shape index (κ2) is 7.61. The number of piperidine rings is 1. The molecule has 0 bridgehead atoms. The molecule has 142 valence electrons. The maximum absolute atomic E-state index is 12.4. The van der Waals surface area contributed by atoms with E-state index in [1.165, 1.54) is 5.56 Å². The van der Waals surface area contributed by atoms with Gasteiger partial charge in [0.05, 0.1) is 17.6 Å². The molecule has 1 fully saturated rings. The monoisotopic (exact) mass is 365 g/mol. The van der Waals surface area contributed by atoms with Crippen molar-refractivity contribution in [2.45, 2.75) is 38.8 Å². The number of rotatable bonds is 5. The van der Waals surface area contributed by atoms with Crippen LogP contribution >= 0.6 is 0 Å². The molecule has 1 aromatic heterocycles. The third kappa shape index (κ3) is 3.52. The van der Waals surface area contributed by atoms with Crippen LogP contribution < -0.4 is 10.4 Å². The highest BCUT2D eigenvalue weighted by Gasteiger charge is 2.26. The van der Waals surface area contributed by atoms with Gasteiger partial charge in [0.25, 0.3) is 0 Å². The predicted molar refractivity (Wildman–Crippen MR) is 108 cm³/mol. The average molecular weight is 365 g/mol. The Morgan fingerprint density at radius 1 is 1.11 bits per heavy atom. The van der Waals surface area contributed by atoms with Gasteiger partial charge in [-0.25, -0.2) is 4.79 Å². The topological polar surface area (TPSA) is 50.3 Å². The van der Waals surface area contributed by atoms with Gasteiger partial charge in [-0.1, -0.05) is 24.3 Å². The Balaban J connectivity index is 1.45. The highest BCUT2D eigenvalue weighted by atomic mass is 16.5. The normalized spacial score (nSPS) is 17.3. The molecule has 0 aliphatic carbocycles. The first-order valence-corrected chi connectivity index (χ1v) is 9.83. The minimum Gasteiger partial charge on any atom is -0.494 e. The number of para-hydroxylation sites is 2. The van der Waals surface area contributed by atoms with Crippen LogP contribution in [0.4, 0.5) is 0 Å². The zero-order chi connectivity index (χ0) is 18.8. The lowest BCUT2D eigenvalue weighted by Gasteiger charge is -2.36. The fraction of sp³-hybridized carbons (Fsp3) is 0.409. The molecule has 0 radical (unpaired) electrons. The number of H-pyrrole nitrogens is 1. The van der Waals surface area contributed by atoms with Crippen molar-refractivity contribution in [3.63, 3.8) is 0 Å². The van der Waals surface area contributed by atoms with Crippen molar-refractivity contribution in [1.82, 2.24) is 14.5 Å². The van der Waals surface area contributed by atoms with E-state index >= 15 is 0 Å². The standard InChI is InChI=1S/C22H27N3O2/c1-3-27-19-10-8-17(9-11-19)16(2)24-14-12-18(13-15-24)25-21-7-5-4-6-20(21)23-22(25)26/h4-11,16,18H,3,12-15H2,1-2H3,(H,23,26). The Hall–Kier alpha value is -2.53. The number of aromatic nitrogens is 2. The number of fused-ring (bicyclic) bond motifs is 1. The maximum atomic E-state index is 12.4. The molecule has 1 aliphatic heterocycles. The molecule has 1 atom stereocenters. The quantitative estimate of drug-likeness (QED) is 0.740. The molecule has 0 amide bonds. The number of nitrogens with zero attached hydrogens (tertiary/aromatic N) is 2. The van der Waals surface area contributed by atoms with Crippen molar-refractivity contribution >= 4 is 11.0 Å². The first-order chi connectivity index (χ1) is 13.2. The molecule has 1 N–H and O–H groups in total. The second-order valence-electron chi connectivity index (χ2n) is 7.26. The van der Waals surface area contributed by atoms with Crippen LogP contribution in [-0.4, -0.2) is 34.1 Å². The molecular formula is C22H27N3O2. The van der Waals surface area contributed by atoms with Crippen LogP contribution in [0.1, 0.15) is 44.3 Å². The van der Waals surface area contributed by atoms with Crippen LogP contribution in [-0.2, 0) is 0 Å². The number of imidazole rings is 1. The Morgan fingerprint density at radius 3 is 2.52 bits per heavy atom. The summed E-state index contributed by atoms with van der Waals surface area (Å²) in [6.07, 6.45) is 1.98. The third-order valence-electron chi connectivity index (χ3n) is 5.71. The zero-order valence-electron chi connectivity index (χ0n) is 16.0. The maximum Gasteiger partial charge on any atom is 0.326 e. The number of aromatic amines is 1. The molecule has 1 aliphatic rings. The van der Waals surface area contributed by atoms with Gasteiger partial charge in [0.15, 0.2) is 0 Å². The van der Waals surface area contributed by atoms with Crippen molar-refractivity contribution in [3.8, 4) is 5.75 Å². The average Bonchev–Trinajstić information content (AvgIpc) is 3.04. The summed E-state index contributed by atoms with van der Waals surface area (Å²) in [7, 11) is 0. The second-order valence-corrected chi connectivity index (χ2v) is 7.26. The summed E-state index contributed by atoms with van der Waals surface area (Å²) in [6.45, 7) is 6.93. The number of nitrogens with one attached hydrogen (secondary N) is 1. The molecule has 1 unspecified atom stereocenters. The molecule has 5 heteroatoms. The van der Waals surface area contributed by atoms with E-state index < -0.39 is 0 Å². The zero-order valence-corrected chi connectivity index (χ0v) is 16.0. The number of ether oxygens (including phenoxy) is 1. The Bertz CT molecular complexity index is 950. The fourth-order valence-corrected chi connectivity index (χ4v) is 4.19. The highest BCUT2D eigenvalue weighted by Crippen LogP contribution is 2.30. The largest absolute Gasteiger partial charge is 0.494 e. The van der Waals surface area contributed by atoms with E-state index in [-0.39, 0.29) is 11.7 Å². The Morgan fingerprint density at radius 2 is 1.81 bits per heavy atom. The number of likely N-dealkylation sites (tertiary alicyclic amines) is 1. The summed E-state index contributed by atoms with van der Waals surface area (Å²) in [5.74, 6) is 0.922. The summed E-state index contributed by atoms with van der Waals surface area (Å²) in [5.41, 5.74) is 3.25. The molecule has 4 rings (SSSR count). The molecule has 0 saturated carbocycles. The molecule has 27 heavy (non-hydrogen) atoms. The van der Waals surface area contributed by atoms with E-state index in [1.54, 1.807) is 0 Å². The van der Waals surface area contributed by atoms with Crippen LogP contribution in [0.15, 0.2) is 53.3 Å². The van der Waals surface area contributed by atoms with E-state index in [2.05, 4.69) is 28.9 Å². The van der Waals surface area contributed by atoms with Gasteiger partial charge in [-0.3, -0.25) is 9.47 Å². The van der Waals surface area contributed by atoms with Crippen molar-refractivity contribution in [3.05, 3.63) is 64.6 Å². The summed E-state index contributed by atoms with van der Waals surface area (Å²) < 4.78 is 7.49. The van der Waals surface area contributed by atoms with Gasteiger partial charge in [-0.15, -0.1) is 0 Å². The van der Waals surface area contributed by atoms with E-state index in [1.807, 2.05) is 47.9 Å². The first kappa shape index (κ1) is 17.9. The lowest BCUT2D eigenvalue weighted by Crippen LogP contribution is -2.38. The van der Waals surface area contributed by atoms with Gasteiger partial charge < -0.3 is 9.72 Å². The smallest absolute Gasteiger partial charge is 0.326 e. The van der Waals surface area contributed by atoms with E-state index in [4.69, 9.17) is 4.74 Å². The van der Waals surface area contributed by atoms with Gasteiger partial charge in [0.2, 0.25) is 0 Å². The highest BCUT2D eigenvalue weighted by molar-refractivity contribution is 5.75. The number of hydrogen-bond donors (Lipinski definition) is 1. The van der Waals surface area contributed by atoms with Crippen LogP contribution in [0.5, 0.6) is 5.75 Å². The molecule has 5 nitrogen and oxygen atoms in total. The van der Waals surface area contributed by atoms with Crippen molar-refractivity contribution in [1.29, 1.82) is 0 Å². The van der Waals surface area contributed by atoms with Crippen LogP contribution in [0, 0.1) is 0 Å². The molecule has 0 spiro atoms.